The quantitative estimate of drug-likeness (QED) is 0.0530. The number of H-pyrrole nitrogens is 1. The maximum atomic E-state index is 14.0. The molecular weight excluding hydrogens is 919 g/mol. The van der Waals surface area contributed by atoms with Gasteiger partial charge in [-0.3, -0.25) is 58.0 Å². The fourth-order valence-electron chi connectivity index (χ4n) is 8.58. The van der Waals surface area contributed by atoms with Crippen LogP contribution in [0.5, 0.6) is 0 Å². The molecule has 4 amide bonds. The molecule has 21 heteroatoms. The number of aromatic amines is 1. The molecular formula is C50H71N9O12. The van der Waals surface area contributed by atoms with Crippen LogP contribution in [0.1, 0.15) is 69.6 Å². The Balaban J connectivity index is 1.35. The minimum Gasteiger partial charge on any atom is -0.480 e. The standard InChI is InChI=1S/C50H71N9O12/c1-4-33(2)48(55-50(71)38(23-34(3)60)24-39-28-52-41-8-6-5-7-40(39)41)42(61)25-37(13-14-43(51)62)49(70)54-27-36-11-9-35(10-12-36)26-53-44(63)29-56-15-17-57(30-45(64)65)19-21-59(32-47(68)69)22-20-58(18-16-56)31-46(66)67/h5-12,28,33,37-38,48,52H,4,13-27,29-32H2,1-3H3,(H2,51,62)(H,53,63)(H,54,70)(H,55,71)(H,64,65)(H,66,67)(H,68,69)/t33?,37-,38+,48+/m1/s1. The molecule has 3 aromatic rings. The van der Waals surface area contributed by atoms with Gasteiger partial charge in [-0.05, 0) is 48.4 Å². The molecule has 21 nitrogen and oxygen atoms in total. The van der Waals surface area contributed by atoms with Crippen LogP contribution in [0.3, 0.4) is 0 Å². The van der Waals surface area contributed by atoms with Crippen LogP contribution in [-0.2, 0) is 62.7 Å². The smallest absolute Gasteiger partial charge is 0.317 e. The molecule has 1 fully saturated rings. The number of carboxylic acids is 3. The summed E-state index contributed by atoms with van der Waals surface area (Å²) in [5.74, 6) is -7.55. The predicted molar refractivity (Wildman–Crippen MR) is 263 cm³/mol. The average molecular weight is 990 g/mol. The highest BCUT2D eigenvalue weighted by Crippen LogP contribution is 2.24. The second-order valence-corrected chi connectivity index (χ2v) is 18.5. The van der Waals surface area contributed by atoms with Gasteiger partial charge in [-0.1, -0.05) is 62.7 Å². The van der Waals surface area contributed by atoms with E-state index < -0.39 is 53.5 Å². The number of primary amides is 1. The van der Waals surface area contributed by atoms with Gasteiger partial charge >= 0.3 is 17.9 Å². The zero-order chi connectivity index (χ0) is 52.0. The highest BCUT2D eigenvalue weighted by Gasteiger charge is 2.33. The monoisotopic (exact) mass is 990 g/mol. The topological polar surface area (TPSA) is 305 Å². The number of rotatable bonds is 27. The zero-order valence-electron chi connectivity index (χ0n) is 41.0. The van der Waals surface area contributed by atoms with Crippen molar-refractivity contribution in [2.75, 3.05) is 78.5 Å². The Labute approximate surface area is 413 Å². The molecule has 0 saturated carbocycles. The van der Waals surface area contributed by atoms with Gasteiger partial charge in [-0.25, -0.2) is 0 Å². The summed E-state index contributed by atoms with van der Waals surface area (Å²) >= 11 is 0. The number of aliphatic carboxylic acids is 3. The van der Waals surface area contributed by atoms with E-state index in [0.29, 0.717) is 25.1 Å². The van der Waals surface area contributed by atoms with Crippen LogP contribution in [0.2, 0.25) is 0 Å². The van der Waals surface area contributed by atoms with Crippen molar-refractivity contribution in [3.8, 4) is 0 Å². The van der Waals surface area contributed by atoms with Gasteiger partial charge in [-0.15, -0.1) is 0 Å². The van der Waals surface area contributed by atoms with E-state index in [1.807, 2.05) is 49.2 Å². The van der Waals surface area contributed by atoms with Gasteiger partial charge in [0.05, 0.1) is 32.2 Å². The number of nitrogens with two attached hydrogens (primary N) is 1. The maximum absolute atomic E-state index is 14.0. The van der Waals surface area contributed by atoms with Gasteiger partial charge < -0.3 is 46.8 Å². The van der Waals surface area contributed by atoms with Crippen LogP contribution in [0.15, 0.2) is 54.7 Å². The zero-order valence-corrected chi connectivity index (χ0v) is 41.0. The average Bonchev–Trinajstić information content (AvgIpc) is 3.72. The maximum Gasteiger partial charge on any atom is 0.317 e. The van der Waals surface area contributed by atoms with Crippen molar-refractivity contribution in [3.05, 3.63) is 71.4 Å². The molecule has 0 aliphatic carbocycles. The molecule has 1 aromatic heterocycles. The largest absolute Gasteiger partial charge is 0.480 e. The summed E-state index contributed by atoms with van der Waals surface area (Å²) in [5.41, 5.74) is 8.69. The molecule has 2 aromatic carbocycles. The number of aromatic nitrogens is 1. The van der Waals surface area contributed by atoms with Crippen molar-refractivity contribution in [1.82, 2.24) is 40.5 Å². The second-order valence-electron chi connectivity index (χ2n) is 18.5. The van der Waals surface area contributed by atoms with E-state index in [0.717, 1.165) is 22.0 Å². The first-order valence-corrected chi connectivity index (χ1v) is 24.1. The van der Waals surface area contributed by atoms with E-state index in [1.54, 1.807) is 39.0 Å². The highest BCUT2D eigenvalue weighted by atomic mass is 16.4. The van der Waals surface area contributed by atoms with Crippen LogP contribution in [0.4, 0.5) is 0 Å². The van der Waals surface area contributed by atoms with Crippen molar-refractivity contribution in [2.45, 2.75) is 78.4 Å². The fraction of sp³-hybridized carbons (Fsp3) is 0.540. The van der Waals surface area contributed by atoms with Crippen LogP contribution >= 0.6 is 0 Å². The number of carboxylic acid groups (broad SMARTS) is 3. The molecule has 0 bridgehead atoms. The first kappa shape index (κ1) is 57.0. The summed E-state index contributed by atoms with van der Waals surface area (Å²) in [5, 5.41) is 38.0. The first-order valence-electron chi connectivity index (χ1n) is 24.1. The van der Waals surface area contributed by atoms with E-state index in [1.165, 1.54) is 6.92 Å². The number of carbonyl (C=O) groups is 9. The Morgan fingerprint density at radius 2 is 1.15 bits per heavy atom. The van der Waals surface area contributed by atoms with Crippen LogP contribution in [0, 0.1) is 17.8 Å². The summed E-state index contributed by atoms with van der Waals surface area (Å²) < 4.78 is 0. The molecule has 2 heterocycles. The Kier molecular flexibility index (Phi) is 23.3. The lowest BCUT2D eigenvalue weighted by Gasteiger charge is -2.32. The molecule has 1 aliphatic heterocycles. The Bertz CT molecular complexity index is 2270. The normalized spacial score (nSPS) is 16.3. The third-order valence-electron chi connectivity index (χ3n) is 12.8. The van der Waals surface area contributed by atoms with Gasteiger partial charge in [-0.2, -0.15) is 0 Å². The minimum atomic E-state index is -1.05. The van der Waals surface area contributed by atoms with Crippen molar-refractivity contribution in [2.24, 2.45) is 23.5 Å². The van der Waals surface area contributed by atoms with E-state index in [-0.39, 0.29) is 134 Å². The summed E-state index contributed by atoms with van der Waals surface area (Å²) in [6.45, 7) is 6.67. The molecule has 388 valence electrons. The van der Waals surface area contributed by atoms with E-state index in [2.05, 4.69) is 20.9 Å². The molecule has 1 unspecified atom stereocenters. The summed E-state index contributed by atoms with van der Waals surface area (Å²) in [6.07, 6.45) is 2.20. The number of nitrogens with one attached hydrogen (secondary N) is 4. The molecule has 1 aliphatic rings. The molecule has 71 heavy (non-hydrogen) atoms. The third-order valence-corrected chi connectivity index (χ3v) is 12.8. The number of ketones is 2. The molecule has 9 N–H and O–H groups in total. The molecule has 0 radical (unpaired) electrons. The van der Waals surface area contributed by atoms with Gasteiger partial charge in [0.2, 0.25) is 23.6 Å². The van der Waals surface area contributed by atoms with Crippen LogP contribution < -0.4 is 21.7 Å². The second kappa shape index (κ2) is 29.0. The molecule has 0 spiro atoms. The highest BCUT2D eigenvalue weighted by molar-refractivity contribution is 5.94. The summed E-state index contributed by atoms with van der Waals surface area (Å²) in [6, 6.07) is 13.8. The SMILES string of the molecule is CCC(C)[C@H](NC(=O)[C@@H](CC(C)=O)Cc1c[nH]c2ccccc12)C(=O)C[C@@H](CCC(N)=O)C(=O)NCc1ccc(CNC(=O)CN2CCN(CC(=O)O)CCN(CC(=O)O)CCN(CC(=O)O)CC2)cc1. The van der Waals surface area contributed by atoms with E-state index in [9.17, 15) is 58.5 Å². The summed E-state index contributed by atoms with van der Waals surface area (Å²) in [7, 11) is 0. The number of hydrogen-bond acceptors (Lipinski definition) is 13. The number of para-hydroxylation sites is 1. The Morgan fingerprint density at radius 1 is 0.662 bits per heavy atom. The predicted octanol–water partition coefficient (Wildman–Crippen LogP) is 1.09. The number of amides is 4. The van der Waals surface area contributed by atoms with Crippen molar-refractivity contribution >= 4 is 64.0 Å². The fourth-order valence-corrected chi connectivity index (χ4v) is 8.58. The lowest BCUT2D eigenvalue weighted by atomic mass is 9.86. The number of fused-ring (bicyclic) bond motifs is 1. The number of nitrogens with zero attached hydrogens (tertiary/aromatic N) is 4. The summed E-state index contributed by atoms with van der Waals surface area (Å²) in [4.78, 5) is 124. The minimum absolute atomic E-state index is 0.00614. The molecule has 4 rings (SSSR count). The van der Waals surface area contributed by atoms with E-state index >= 15 is 0 Å². The van der Waals surface area contributed by atoms with Crippen LogP contribution in [-0.4, -0.2) is 178 Å². The molecule has 4 atom stereocenters. The Morgan fingerprint density at radius 3 is 1.63 bits per heavy atom. The molecule has 1 saturated heterocycles. The lowest BCUT2D eigenvalue weighted by molar-refractivity contribution is -0.140. The van der Waals surface area contributed by atoms with Crippen molar-refractivity contribution in [3.63, 3.8) is 0 Å². The number of carbonyl (C=O) groups excluding carboxylic acids is 6. The number of Topliss-reactive ketones (excluding diaryl/α,β-unsaturated/α-hetero) is 2. The number of benzene rings is 2. The van der Waals surface area contributed by atoms with Crippen molar-refractivity contribution in [1.29, 1.82) is 0 Å². The van der Waals surface area contributed by atoms with Gasteiger partial charge in [0.25, 0.3) is 0 Å². The van der Waals surface area contributed by atoms with Gasteiger partial charge in [0.15, 0.2) is 5.78 Å². The first-order chi connectivity index (χ1) is 33.8. The van der Waals surface area contributed by atoms with Crippen LogP contribution in [0.25, 0.3) is 10.9 Å². The van der Waals surface area contributed by atoms with Gasteiger partial charge in [0.1, 0.15) is 5.78 Å². The lowest BCUT2D eigenvalue weighted by Crippen LogP contribution is -2.49. The Hall–Kier alpha value is -6.55. The van der Waals surface area contributed by atoms with Crippen molar-refractivity contribution < 1.29 is 58.5 Å². The van der Waals surface area contributed by atoms with Gasteiger partial charge in [0, 0.05) is 114 Å². The van der Waals surface area contributed by atoms with E-state index in [4.69, 9.17) is 5.73 Å². The number of hydrogen-bond donors (Lipinski definition) is 8. The third kappa shape index (κ3) is 20.4.